The molecule has 0 saturated carbocycles. The normalized spacial score (nSPS) is 46.8. The number of nitrogens with one attached hydrogen (secondary N) is 1. The maximum atomic E-state index is 12.8. The summed E-state index contributed by atoms with van der Waals surface area (Å²) in [5.41, 5.74) is 8.43. The lowest BCUT2D eigenvalue weighted by atomic mass is 9.94. The summed E-state index contributed by atoms with van der Waals surface area (Å²) in [6, 6.07) is -1.84. The topological polar surface area (TPSA) is 553 Å². The number of aliphatic hydroxyl groups excluding tert-OH is 18. The molecule has 0 bridgehead atoms. The molecule has 6 aliphatic rings. The summed E-state index contributed by atoms with van der Waals surface area (Å²) in [5.74, 6) is -0.877. The number of rotatable bonds is 25. The quantitative estimate of drug-likeness (QED) is 0.0175. The van der Waals surface area contributed by atoms with E-state index < -0.39 is 230 Å². The smallest absolute Gasteiger partial charge is 0.217 e. The van der Waals surface area contributed by atoms with Crippen LogP contribution in [0, 0.1) is 0 Å². The lowest BCUT2D eigenvalue weighted by Gasteiger charge is -2.50. The standard InChI is InChI=1S/C44H76N4O31/c1-14(54)47-21-25(58)37(78-43-31(64)27(60)23(56)16(9-50)71-43)20(13-69-41-33(66)29(62)35(19(12-53)74-41)76-42-30(63)26(59)22(55)15(8-49)70-42)75-39(21)79-38-24(57)17(10-51)72-44(34(38)67)77-36-18(11-52)73-40(32(65)28(36)61)68-7-5-3-2-4-6-46-48-45/h15-44,49-53,55-67H,2-13H2,1H3,(H,47,54)/t15-,16-,17-,18-,19-,20-,21-,22+,23+,24+,25-,26+,27+,28-,29-,30-,31-,32-,33-,34-,35-,36-,37-,38+,39+,40-,41-,42+,43+,44+/m1/s1. The molecule has 0 aromatic rings. The summed E-state index contributed by atoms with van der Waals surface area (Å²) in [6.45, 7) is -4.26. The number of nitrogens with zero attached hydrogens (tertiary/aromatic N) is 3. The average molecular weight is 1160 g/mol. The van der Waals surface area contributed by atoms with Crippen LogP contribution in [0.25, 0.3) is 10.4 Å². The molecule has 19 N–H and O–H groups in total. The molecule has 1 amide bonds. The third-order valence-electron chi connectivity index (χ3n) is 14.3. The van der Waals surface area contributed by atoms with Crippen molar-refractivity contribution in [3.8, 4) is 0 Å². The summed E-state index contributed by atoms with van der Waals surface area (Å²) in [7, 11) is 0. The van der Waals surface area contributed by atoms with Crippen molar-refractivity contribution in [2.45, 2.75) is 217 Å². The van der Waals surface area contributed by atoms with Crippen molar-refractivity contribution in [2.24, 2.45) is 5.11 Å². The summed E-state index contributed by atoms with van der Waals surface area (Å²) in [5, 5.41) is 199. The van der Waals surface area contributed by atoms with Crippen LogP contribution in [0.2, 0.25) is 0 Å². The van der Waals surface area contributed by atoms with E-state index in [0.717, 1.165) is 6.92 Å². The minimum atomic E-state index is -2.19. The number of aliphatic hydroxyl groups is 18. The van der Waals surface area contributed by atoms with Crippen molar-refractivity contribution in [1.82, 2.24) is 5.32 Å². The van der Waals surface area contributed by atoms with E-state index in [9.17, 15) is 96.7 Å². The molecule has 35 heteroatoms. The monoisotopic (exact) mass is 1160 g/mol. The Morgan fingerprint density at radius 3 is 1.29 bits per heavy atom. The zero-order valence-electron chi connectivity index (χ0n) is 42.5. The van der Waals surface area contributed by atoms with Crippen molar-refractivity contribution in [2.75, 3.05) is 52.8 Å². The van der Waals surface area contributed by atoms with Crippen LogP contribution < -0.4 is 5.32 Å². The molecular weight excluding hydrogens is 1080 g/mol. The Morgan fingerprint density at radius 2 is 0.823 bits per heavy atom. The number of carbonyl (C=O) groups is 1. The zero-order chi connectivity index (χ0) is 58.0. The van der Waals surface area contributed by atoms with E-state index in [1.165, 1.54) is 0 Å². The van der Waals surface area contributed by atoms with E-state index in [4.69, 9.17) is 62.4 Å². The first kappa shape index (κ1) is 65.7. The number of amides is 1. The highest BCUT2D eigenvalue weighted by Gasteiger charge is 2.57. The van der Waals surface area contributed by atoms with Gasteiger partial charge in [0.15, 0.2) is 37.7 Å². The predicted molar refractivity (Wildman–Crippen MR) is 247 cm³/mol. The minimum Gasteiger partial charge on any atom is -0.394 e. The number of hydrogen-bond acceptors (Lipinski definition) is 32. The highest BCUT2D eigenvalue weighted by atomic mass is 16.8. The Morgan fingerprint density at radius 1 is 0.430 bits per heavy atom. The molecular formula is C44H76N4O31. The van der Waals surface area contributed by atoms with Gasteiger partial charge in [0.25, 0.3) is 0 Å². The number of unbranched alkanes of at least 4 members (excludes halogenated alkanes) is 3. The first-order valence-corrected chi connectivity index (χ1v) is 25.6. The van der Waals surface area contributed by atoms with Gasteiger partial charge in [-0.05, 0) is 18.4 Å². The number of ether oxygens (including phenoxy) is 12. The average Bonchev–Trinajstić information content (AvgIpc) is 3.48. The summed E-state index contributed by atoms with van der Waals surface area (Å²) in [4.78, 5) is 15.5. The maximum absolute atomic E-state index is 12.8. The molecule has 79 heavy (non-hydrogen) atoms. The lowest BCUT2D eigenvalue weighted by molar-refractivity contribution is -0.386. The molecule has 6 rings (SSSR count). The molecule has 35 nitrogen and oxygen atoms in total. The summed E-state index contributed by atoms with van der Waals surface area (Å²) >= 11 is 0. The Balaban J connectivity index is 1.22. The van der Waals surface area contributed by atoms with Crippen molar-refractivity contribution >= 4 is 5.91 Å². The molecule has 6 saturated heterocycles. The summed E-state index contributed by atoms with van der Waals surface area (Å²) in [6.07, 6.45) is -52.2. The molecule has 6 heterocycles. The zero-order valence-corrected chi connectivity index (χ0v) is 42.5. The van der Waals surface area contributed by atoms with Gasteiger partial charge in [0.05, 0.1) is 39.6 Å². The third kappa shape index (κ3) is 15.5. The Kier molecular flexibility index (Phi) is 25.3. The maximum Gasteiger partial charge on any atom is 0.217 e. The van der Waals surface area contributed by atoms with E-state index >= 15 is 0 Å². The van der Waals surface area contributed by atoms with Crippen molar-refractivity contribution in [3.63, 3.8) is 0 Å². The van der Waals surface area contributed by atoms with Gasteiger partial charge >= 0.3 is 0 Å². The Hall–Kier alpha value is -2.42. The van der Waals surface area contributed by atoms with Gasteiger partial charge in [0.2, 0.25) is 5.91 Å². The minimum absolute atomic E-state index is 0.0425. The van der Waals surface area contributed by atoms with Gasteiger partial charge in [-0.25, -0.2) is 0 Å². The van der Waals surface area contributed by atoms with Crippen molar-refractivity contribution in [1.29, 1.82) is 0 Å². The highest BCUT2D eigenvalue weighted by molar-refractivity contribution is 5.73. The molecule has 6 fully saturated rings. The fraction of sp³-hybridized carbons (Fsp3) is 0.977. The molecule has 458 valence electrons. The summed E-state index contributed by atoms with van der Waals surface area (Å²) < 4.78 is 69.0. The first-order valence-electron chi connectivity index (χ1n) is 25.6. The van der Waals surface area contributed by atoms with Crippen LogP contribution in [0.1, 0.15) is 32.6 Å². The second-order valence-electron chi connectivity index (χ2n) is 19.8. The lowest BCUT2D eigenvalue weighted by Crippen LogP contribution is -2.70. The van der Waals surface area contributed by atoms with Crippen LogP contribution in [0.3, 0.4) is 0 Å². The van der Waals surface area contributed by atoms with Crippen LogP contribution >= 0.6 is 0 Å². The SMILES string of the molecule is CC(=O)N[C@H]1[C@H](O[C@H]2[C@@H](O)[C@@H](CO)O[C@@H](O[C@H]3[C@H](O)[C@@H](O)[C@H](OCCCCCCN=[N+]=[N-])O[C@@H]3CO)[C@@H]2O)O[C@H](CO[C@@H]2O[C@H](CO)[C@@H](O[C@@H]3O[C@H](CO)[C@H](O)[C@H](O)[C@H]3O)[C@H](O)[C@H]2O)[C@@H](O[C@@H]2O[C@H](CO)[C@H](O)[C@H](O)[C@H]2O)[C@@H]1O. The third-order valence-corrected chi connectivity index (χ3v) is 14.3. The van der Waals surface area contributed by atoms with Crippen LogP contribution in [0.5, 0.6) is 0 Å². The molecule has 0 spiro atoms. The van der Waals surface area contributed by atoms with Crippen LogP contribution in [-0.4, -0.2) is 335 Å². The molecule has 6 aliphatic heterocycles. The number of azide groups is 1. The molecule has 0 aromatic heterocycles. The van der Waals surface area contributed by atoms with Gasteiger partial charge in [-0.3, -0.25) is 4.79 Å². The number of hydrogen-bond donors (Lipinski definition) is 19. The Bertz CT molecular complexity index is 1880. The van der Waals surface area contributed by atoms with Crippen molar-refractivity contribution < 1.29 is 154 Å². The molecule has 0 aromatic carbocycles. The number of carbonyl (C=O) groups excluding carboxylic acids is 1. The van der Waals surface area contributed by atoms with Crippen LogP contribution in [0.15, 0.2) is 5.11 Å². The van der Waals surface area contributed by atoms with Gasteiger partial charge in [-0.2, -0.15) is 0 Å². The molecule has 0 aliphatic carbocycles. The second-order valence-corrected chi connectivity index (χ2v) is 19.8. The fourth-order valence-corrected chi connectivity index (χ4v) is 9.82. The van der Waals surface area contributed by atoms with E-state index in [-0.39, 0.29) is 6.61 Å². The van der Waals surface area contributed by atoms with E-state index in [0.29, 0.717) is 32.2 Å². The highest BCUT2D eigenvalue weighted by Crippen LogP contribution is 2.36. The van der Waals surface area contributed by atoms with Gasteiger partial charge in [0.1, 0.15) is 146 Å². The Labute approximate surface area is 449 Å². The van der Waals surface area contributed by atoms with Gasteiger partial charge in [-0.15, -0.1) is 0 Å². The van der Waals surface area contributed by atoms with Crippen molar-refractivity contribution in [3.05, 3.63) is 10.4 Å². The van der Waals surface area contributed by atoms with E-state index in [1.54, 1.807) is 0 Å². The van der Waals surface area contributed by atoms with Gasteiger partial charge in [0, 0.05) is 25.0 Å². The van der Waals surface area contributed by atoms with Crippen LogP contribution in [-0.2, 0) is 61.6 Å². The fourth-order valence-electron chi connectivity index (χ4n) is 9.82. The van der Waals surface area contributed by atoms with Crippen LogP contribution in [0.4, 0.5) is 0 Å². The molecule has 30 atom stereocenters. The predicted octanol–water partition coefficient (Wildman–Crippen LogP) is -11.1. The second kappa shape index (κ2) is 30.4. The van der Waals surface area contributed by atoms with E-state index in [1.807, 2.05) is 0 Å². The van der Waals surface area contributed by atoms with Gasteiger partial charge < -0.3 is 154 Å². The first-order chi connectivity index (χ1) is 37.7. The molecule has 0 radical (unpaired) electrons. The van der Waals surface area contributed by atoms with Gasteiger partial charge in [-0.1, -0.05) is 18.0 Å². The molecule has 0 unspecified atom stereocenters. The largest absolute Gasteiger partial charge is 0.394 e. The van der Waals surface area contributed by atoms with E-state index in [2.05, 4.69) is 15.3 Å².